The Morgan fingerprint density at radius 3 is 1.95 bits per heavy atom. The molecule has 0 aliphatic carbocycles. The van der Waals surface area contributed by atoms with Crippen LogP contribution in [0.25, 0.3) is 0 Å². The molecule has 1 amide bonds. The number of hydrogen-bond donors (Lipinski definition) is 3. The quantitative estimate of drug-likeness (QED) is 0.0595. The van der Waals surface area contributed by atoms with Gasteiger partial charge in [-0.2, -0.15) is 0 Å². The maximum atomic E-state index is 12.9. The largest absolute Gasteiger partial charge is 0.493 e. The number of aliphatic carboxylic acids is 1. The number of carboxylic acids is 1. The van der Waals surface area contributed by atoms with Gasteiger partial charge in [0, 0.05) is 44.8 Å². The normalized spacial score (nSPS) is 11.5. The summed E-state index contributed by atoms with van der Waals surface area (Å²) in [6.07, 6.45) is 8.02. The Bertz CT molecular complexity index is 1850. The summed E-state index contributed by atoms with van der Waals surface area (Å²) in [7, 11) is -4.02. The molecule has 0 saturated heterocycles. The highest BCUT2D eigenvalue weighted by Gasteiger charge is 2.17. The minimum absolute atomic E-state index is 0.0150. The lowest BCUT2D eigenvalue weighted by Gasteiger charge is -2.19. The third kappa shape index (κ3) is 21.8. The number of ketones is 1. The van der Waals surface area contributed by atoms with E-state index in [9.17, 15) is 27.6 Å². The van der Waals surface area contributed by atoms with Gasteiger partial charge >= 0.3 is 11.9 Å². The first kappa shape index (κ1) is 49.4. The van der Waals surface area contributed by atoms with Gasteiger partial charge in [0.15, 0.2) is 5.78 Å². The Morgan fingerprint density at radius 1 is 0.683 bits per heavy atom. The maximum absolute atomic E-state index is 12.9. The number of ether oxygens (including phenoxy) is 6. The third-order valence-electron chi connectivity index (χ3n) is 8.23. The number of benzene rings is 2. The van der Waals surface area contributed by atoms with Crippen LogP contribution in [0, 0.1) is 0 Å². The van der Waals surface area contributed by atoms with Crippen molar-refractivity contribution in [3.05, 3.63) is 77.6 Å². The van der Waals surface area contributed by atoms with Gasteiger partial charge in [-0.05, 0) is 81.8 Å². The first-order valence-electron chi connectivity index (χ1n) is 19.9. The molecule has 0 atom stereocenters. The Kier molecular flexibility index (Phi) is 22.2. The molecule has 0 spiro atoms. The van der Waals surface area contributed by atoms with Crippen LogP contribution in [-0.2, 0) is 60.9 Å². The summed E-state index contributed by atoms with van der Waals surface area (Å²) in [5, 5.41) is 11.1. The summed E-state index contributed by atoms with van der Waals surface area (Å²) >= 11 is 0. The smallest absolute Gasteiger partial charge is 0.329 e. The zero-order chi connectivity index (χ0) is 43.6. The van der Waals surface area contributed by atoms with Gasteiger partial charge in [0.25, 0.3) is 15.9 Å². The van der Waals surface area contributed by atoms with Crippen molar-refractivity contribution in [3.63, 3.8) is 0 Å². The molecular formula is C42H58N4O13S. The molecule has 60 heavy (non-hydrogen) atoms. The summed E-state index contributed by atoms with van der Waals surface area (Å²) in [6.45, 7) is 7.13. The molecule has 1 heterocycles. The molecule has 0 unspecified atom stereocenters. The van der Waals surface area contributed by atoms with Crippen molar-refractivity contribution in [3.8, 4) is 5.75 Å². The van der Waals surface area contributed by atoms with Crippen LogP contribution in [-0.4, -0.2) is 119 Å². The molecule has 0 aliphatic rings. The SMILES string of the molecule is CC(C)(C)OC(=O)CCCCCc1ccc(CCOc2ccc(S(=O)(=O)Nc3ncc(C(=O)NCCOCCOCC(=O)CCCOCCOCC(=O)O)cn3)cc2)cc1. The van der Waals surface area contributed by atoms with E-state index in [4.69, 9.17) is 33.5 Å². The van der Waals surface area contributed by atoms with Crippen LogP contribution in [0.3, 0.4) is 0 Å². The highest BCUT2D eigenvalue weighted by molar-refractivity contribution is 7.92. The van der Waals surface area contributed by atoms with Gasteiger partial charge in [-0.15, -0.1) is 0 Å². The van der Waals surface area contributed by atoms with Crippen molar-refractivity contribution in [2.24, 2.45) is 0 Å². The molecule has 1 aromatic heterocycles. The molecule has 0 aliphatic heterocycles. The number of amides is 1. The number of Topliss-reactive ketones (excluding diaryl/α,β-unsaturated/α-hetero) is 1. The Morgan fingerprint density at radius 2 is 1.30 bits per heavy atom. The topological polar surface area (TPSA) is 228 Å². The van der Waals surface area contributed by atoms with Gasteiger partial charge in [-0.25, -0.2) is 27.9 Å². The molecule has 3 rings (SSSR count). The molecule has 3 N–H and O–H groups in total. The standard InChI is InChI=1S/C42H58N4O13S/c1-42(2,3)59-39(50)10-6-4-5-8-32-11-13-33(14-12-32)19-22-58-36-15-17-37(18-16-36)60(52,53)46-41-44-28-34(29-45-41)40(51)43-20-23-55-25-26-56-30-35(47)9-7-21-54-24-27-57-31-38(48)49/h11-18,28-29H,4-10,19-27,30-31H2,1-3H3,(H,43,51)(H,48,49)(H,44,45,46). The zero-order valence-electron chi connectivity index (χ0n) is 34.7. The molecule has 0 bridgehead atoms. The van der Waals surface area contributed by atoms with Gasteiger partial charge in [0.2, 0.25) is 5.95 Å². The van der Waals surface area contributed by atoms with E-state index in [-0.39, 0.29) is 87.4 Å². The van der Waals surface area contributed by atoms with E-state index < -0.39 is 27.5 Å². The molecule has 18 heteroatoms. The van der Waals surface area contributed by atoms with E-state index in [1.54, 1.807) is 12.1 Å². The van der Waals surface area contributed by atoms with Crippen LogP contribution in [0.2, 0.25) is 0 Å². The molecule has 0 radical (unpaired) electrons. The monoisotopic (exact) mass is 858 g/mol. The number of nitrogens with zero attached hydrogens (tertiary/aromatic N) is 2. The number of nitrogens with one attached hydrogen (secondary N) is 2. The number of carbonyl (C=O) groups excluding carboxylic acids is 3. The lowest BCUT2D eigenvalue weighted by atomic mass is 10.0. The number of esters is 1. The number of rotatable bonds is 31. The van der Waals surface area contributed by atoms with Gasteiger partial charge in [-0.3, -0.25) is 14.4 Å². The zero-order valence-corrected chi connectivity index (χ0v) is 35.5. The number of carboxylic acid groups (broad SMARTS) is 1. The Labute approximate surface area is 351 Å². The van der Waals surface area contributed by atoms with Crippen molar-refractivity contribution in [2.45, 2.75) is 82.6 Å². The molecular weight excluding hydrogens is 801 g/mol. The third-order valence-corrected chi connectivity index (χ3v) is 9.58. The molecule has 3 aromatic rings. The molecule has 330 valence electrons. The van der Waals surface area contributed by atoms with Crippen LogP contribution >= 0.6 is 0 Å². The van der Waals surface area contributed by atoms with Crippen LogP contribution in [0.1, 0.15) is 80.8 Å². The second kappa shape index (κ2) is 27.0. The fourth-order valence-corrected chi connectivity index (χ4v) is 6.24. The highest BCUT2D eigenvalue weighted by atomic mass is 32.2. The van der Waals surface area contributed by atoms with Crippen LogP contribution in [0.15, 0.2) is 65.8 Å². The average Bonchev–Trinajstić information content (AvgIpc) is 3.19. The summed E-state index contributed by atoms with van der Waals surface area (Å²) in [4.78, 5) is 54.4. The maximum Gasteiger partial charge on any atom is 0.329 e. The summed E-state index contributed by atoms with van der Waals surface area (Å²) in [6, 6.07) is 14.3. The van der Waals surface area contributed by atoms with Crippen molar-refractivity contribution in [2.75, 3.05) is 70.7 Å². The Hall–Kier alpha value is -5.01. The first-order valence-corrected chi connectivity index (χ1v) is 21.4. The van der Waals surface area contributed by atoms with Crippen LogP contribution in [0.5, 0.6) is 5.75 Å². The number of aryl methyl sites for hydroxylation is 1. The van der Waals surface area contributed by atoms with E-state index >= 15 is 0 Å². The number of hydrogen-bond acceptors (Lipinski definition) is 14. The van der Waals surface area contributed by atoms with Gasteiger partial charge in [0.1, 0.15) is 24.6 Å². The van der Waals surface area contributed by atoms with Crippen LogP contribution < -0.4 is 14.8 Å². The van der Waals surface area contributed by atoms with Gasteiger partial charge in [0.05, 0.1) is 50.1 Å². The molecule has 17 nitrogen and oxygen atoms in total. The number of anilines is 1. The van der Waals surface area contributed by atoms with Crippen molar-refractivity contribution >= 4 is 39.6 Å². The summed E-state index contributed by atoms with van der Waals surface area (Å²) in [5.41, 5.74) is 2.02. The van der Waals surface area contributed by atoms with E-state index in [0.717, 1.165) is 31.2 Å². The number of aromatic nitrogens is 2. The van der Waals surface area contributed by atoms with E-state index in [0.29, 0.717) is 38.2 Å². The first-order chi connectivity index (χ1) is 28.7. The predicted octanol–water partition coefficient (Wildman–Crippen LogP) is 4.57. The van der Waals surface area contributed by atoms with Gasteiger partial charge < -0.3 is 38.8 Å². The molecule has 0 saturated carbocycles. The predicted molar refractivity (Wildman–Crippen MR) is 220 cm³/mol. The fraction of sp³-hybridized carbons (Fsp3) is 0.524. The number of sulfonamides is 1. The molecule has 2 aromatic carbocycles. The lowest BCUT2D eigenvalue weighted by Crippen LogP contribution is -2.28. The number of unbranched alkanes of at least 4 members (excludes halogenated alkanes) is 2. The van der Waals surface area contributed by atoms with E-state index in [1.807, 2.05) is 20.8 Å². The summed E-state index contributed by atoms with van der Waals surface area (Å²) < 4.78 is 60.2. The number of carbonyl (C=O) groups is 4. The average molecular weight is 859 g/mol. The van der Waals surface area contributed by atoms with E-state index in [1.165, 1.54) is 30.1 Å². The lowest BCUT2D eigenvalue weighted by molar-refractivity contribution is -0.155. The van der Waals surface area contributed by atoms with Crippen molar-refractivity contribution in [1.82, 2.24) is 15.3 Å². The second-order valence-electron chi connectivity index (χ2n) is 14.6. The highest BCUT2D eigenvalue weighted by Crippen LogP contribution is 2.19. The van der Waals surface area contributed by atoms with Crippen molar-refractivity contribution < 1.29 is 61.1 Å². The minimum Gasteiger partial charge on any atom is -0.493 e. The van der Waals surface area contributed by atoms with Gasteiger partial charge in [-0.1, -0.05) is 30.7 Å². The molecule has 0 fully saturated rings. The van der Waals surface area contributed by atoms with E-state index in [2.05, 4.69) is 44.3 Å². The summed E-state index contributed by atoms with van der Waals surface area (Å²) in [5.74, 6) is -1.44. The fourth-order valence-electron chi connectivity index (χ4n) is 5.29. The van der Waals surface area contributed by atoms with Crippen LogP contribution in [0.4, 0.5) is 5.95 Å². The Balaban J connectivity index is 1.24. The van der Waals surface area contributed by atoms with Crippen molar-refractivity contribution in [1.29, 1.82) is 0 Å². The minimum atomic E-state index is -4.02. The second-order valence-corrected chi connectivity index (χ2v) is 16.2.